The van der Waals surface area contributed by atoms with Crippen molar-refractivity contribution in [2.24, 2.45) is 0 Å². The second-order valence-corrected chi connectivity index (χ2v) is 5.63. The lowest BCUT2D eigenvalue weighted by Crippen LogP contribution is -1.91. The first kappa shape index (κ1) is 15.7. The van der Waals surface area contributed by atoms with Gasteiger partial charge in [-0.25, -0.2) is 0 Å². The molecule has 4 aromatic rings. The Hall–Kier alpha value is -3.80. The van der Waals surface area contributed by atoms with Crippen LogP contribution in [0.5, 0.6) is 17.2 Å². The Morgan fingerprint density at radius 3 is 2.27 bits per heavy atom. The first-order chi connectivity index (χ1) is 12.7. The van der Waals surface area contributed by atoms with Crippen molar-refractivity contribution in [1.29, 1.82) is 0 Å². The molecular weight excluding hydrogens is 330 g/mol. The van der Waals surface area contributed by atoms with E-state index in [1.807, 2.05) is 42.5 Å². The van der Waals surface area contributed by atoms with E-state index in [1.54, 1.807) is 30.3 Å². The molecule has 0 aliphatic rings. The molecule has 0 saturated carbocycles. The summed E-state index contributed by atoms with van der Waals surface area (Å²) in [4.78, 5) is 4.39. The monoisotopic (exact) mass is 345 g/mol. The van der Waals surface area contributed by atoms with Gasteiger partial charge in [-0.05, 0) is 60.7 Å². The third kappa shape index (κ3) is 3.21. The van der Waals surface area contributed by atoms with E-state index in [-0.39, 0.29) is 5.75 Å². The molecule has 0 bridgehead atoms. The van der Waals surface area contributed by atoms with E-state index in [4.69, 9.17) is 15.0 Å². The molecule has 0 atom stereocenters. The zero-order chi connectivity index (χ0) is 17.9. The van der Waals surface area contributed by atoms with Crippen LogP contribution < -0.4 is 10.5 Å². The minimum Gasteiger partial charge on any atom is -0.508 e. The Labute approximate surface area is 149 Å². The predicted molar refractivity (Wildman–Crippen MR) is 97.8 cm³/mol. The topological polar surface area (TPSA) is 94.4 Å². The van der Waals surface area contributed by atoms with E-state index in [1.165, 1.54) is 0 Å². The summed E-state index contributed by atoms with van der Waals surface area (Å²) in [6.07, 6.45) is 0. The average molecular weight is 345 g/mol. The highest BCUT2D eigenvalue weighted by Gasteiger charge is 2.11. The van der Waals surface area contributed by atoms with Crippen LogP contribution >= 0.6 is 0 Å². The number of hydrogen-bond acceptors (Lipinski definition) is 6. The molecule has 128 valence electrons. The third-order valence-corrected chi connectivity index (χ3v) is 3.80. The minimum atomic E-state index is 0.183. The van der Waals surface area contributed by atoms with Crippen LogP contribution in [0.1, 0.15) is 0 Å². The van der Waals surface area contributed by atoms with Crippen molar-refractivity contribution in [3.63, 3.8) is 0 Å². The number of nitrogens with zero attached hydrogens (tertiary/aromatic N) is 2. The van der Waals surface area contributed by atoms with Crippen LogP contribution in [0.4, 0.5) is 5.69 Å². The lowest BCUT2D eigenvalue weighted by Gasteiger charge is -2.08. The maximum Gasteiger partial charge on any atom is 0.258 e. The highest BCUT2D eigenvalue weighted by Crippen LogP contribution is 2.29. The van der Waals surface area contributed by atoms with Crippen molar-refractivity contribution >= 4 is 5.69 Å². The number of aromatic hydroxyl groups is 1. The van der Waals surface area contributed by atoms with Gasteiger partial charge in [0.1, 0.15) is 17.2 Å². The fraction of sp³-hybridized carbons (Fsp3) is 0. The van der Waals surface area contributed by atoms with E-state index in [0.29, 0.717) is 28.9 Å². The summed E-state index contributed by atoms with van der Waals surface area (Å²) < 4.78 is 11.1. The summed E-state index contributed by atoms with van der Waals surface area (Å²) in [5, 5.41) is 13.4. The van der Waals surface area contributed by atoms with Crippen molar-refractivity contribution < 1.29 is 14.4 Å². The second kappa shape index (κ2) is 6.60. The number of nitrogen functional groups attached to an aromatic ring is 1. The smallest absolute Gasteiger partial charge is 0.258 e. The fourth-order valence-corrected chi connectivity index (χ4v) is 2.43. The van der Waals surface area contributed by atoms with Crippen molar-refractivity contribution in [3.8, 4) is 40.1 Å². The van der Waals surface area contributed by atoms with Gasteiger partial charge in [0, 0.05) is 11.1 Å². The molecule has 6 nitrogen and oxygen atoms in total. The molecule has 3 aromatic carbocycles. The van der Waals surface area contributed by atoms with E-state index in [0.717, 1.165) is 11.1 Å². The highest BCUT2D eigenvalue weighted by atomic mass is 16.5. The molecule has 0 radical (unpaired) electrons. The van der Waals surface area contributed by atoms with Gasteiger partial charge in [-0.1, -0.05) is 17.3 Å². The molecule has 0 saturated heterocycles. The molecular formula is C20H15N3O3. The Morgan fingerprint density at radius 1 is 0.846 bits per heavy atom. The maximum absolute atomic E-state index is 9.35. The number of anilines is 1. The molecule has 0 aliphatic carbocycles. The third-order valence-electron chi connectivity index (χ3n) is 3.80. The summed E-state index contributed by atoms with van der Waals surface area (Å²) >= 11 is 0. The van der Waals surface area contributed by atoms with E-state index < -0.39 is 0 Å². The van der Waals surface area contributed by atoms with Gasteiger partial charge in [0.2, 0.25) is 5.82 Å². The number of benzene rings is 3. The van der Waals surface area contributed by atoms with Crippen LogP contribution in [0.15, 0.2) is 77.3 Å². The second-order valence-electron chi connectivity index (χ2n) is 5.63. The van der Waals surface area contributed by atoms with Crippen molar-refractivity contribution in [2.75, 3.05) is 5.73 Å². The first-order valence-corrected chi connectivity index (χ1v) is 7.95. The largest absolute Gasteiger partial charge is 0.508 e. The molecule has 0 unspecified atom stereocenters. The summed E-state index contributed by atoms with van der Waals surface area (Å²) in [6, 6.07) is 21.2. The van der Waals surface area contributed by atoms with Crippen LogP contribution in [-0.2, 0) is 0 Å². The molecule has 1 aromatic heterocycles. The van der Waals surface area contributed by atoms with Gasteiger partial charge in [-0.3, -0.25) is 0 Å². The van der Waals surface area contributed by atoms with Crippen LogP contribution in [-0.4, -0.2) is 15.2 Å². The van der Waals surface area contributed by atoms with Crippen LogP contribution in [0.2, 0.25) is 0 Å². The van der Waals surface area contributed by atoms with Gasteiger partial charge < -0.3 is 20.1 Å². The Kier molecular flexibility index (Phi) is 3.99. The number of hydrogen-bond donors (Lipinski definition) is 2. The number of para-hydroxylation sites is 2. The zero-order valence-electron chi connectivity index (χ0n) is 13.7. The number of rotatable bonds is 4. The molecule has 0 fully saturated rings. The Morgan fingerprint density at radius 2 is 1.54 bits per heavy atom. The van der Waals surface area contributed by atoms with E-state index in [9.17, 15) is 5.11 Å². The van der Waals surface area contributed by atoms with E-state index >= 15 is 0 Å². The molecule has 3 N–H and O–H groups in total. The van der Waals surface area contributed by atoms with Gasteiger partial charge in [-0.15, -0.1) is 0 Å². The lowest BCUT2D eigenvalue weighted by atomic mass is 10.2. The first-order valence-electron chi connectivity index (χ1n) is 7.95. The van der Waals surface area contributed by atoms with Gasteiger partial charge in [-0.2, -0.15) is 4.98 Å². The Bertz CT molecular complexity index is 1020. The van der Waals surface area contributed by atoms with Crippen molar-refractivity contribution in [1.82, 2.24) is 10.1 Å². The summed E-state index contributed by atoms with van der Waals surface area (Å²) in [5.41, 5.74) is 8.00. The van der Waals surface area contributed by atoms with Crippen LogP contribution in [0.3, 0.4) is 0 Å². The van der Waals surface area contributed by atoms with Crippen molar-refractivity contribution in [2.45, 2.75) is 0 Å². The van der Waals surface area contributed by atoms with Crippen LogP contribution in [0, 0.1) is 0 Å². The van der Waals surface area contributed by atoms with Crippen LogP contribution in [0.25, 0.3) is 22.8 Å². The van der Waals surface area contributed by atoms with Crippen molar-refractivity contribution in [3.05, 3.63) is 72.8 Å². The summed E-state index contributed by atoms with van der Waals surface area (Å²) in [7, 11) is 0. The summed E-state index contributed by atoms with van der Waals surface area (Å²) in [5.74, 6) is 2.31. The summed E-state index contributed by atoms with van der Waals surface area (Å²) in [6.45, 7) is 0. The maximum atomic E-state index is 9.35. The molecule has 0 spiro atoms. The van der Waals surface area contributed by atoms with Gasteiger partial charge in [0.05, 0.1) is 5.69 Å². The lowest BCUT2D eigenvalue weighted by molar-refractivity contribution is 0.432. The minimum absolute atomic E-state index is 0.183. The zero-order valence-corrected chi connectivity index (χ0v) is 13.7. The van der Waals surface area contributed by atoms with Gasteiger partial charge in [0.25, 0.3) is 5.89 Å². The number of nitrogens with two attached hydrogens (primary N) is 1. The average Bonchev–Trinajstić information content (AvgIpc) is 3.15. The fourth-order valence-electron chi connectivity index (χ4n) is 2.43. The standard InChI is InChI=1S/C20H15N3O3/c21-17-3-1-2-4-18(17)25-16-11-7-13(8-12-16)19-22-20(26-23-19)14-5-9-15(24)10-6-14/h1-12,24H,21H2. The number of ether oxygens (including phenoxy) is 1. The molecule has 0 amide bonds. The van der Waals surface area contributed by atoms with Gasteiger partial charge in [0.15, 0.2) is 0 Å². The van der Waals surface area contributed by atoms with E-state index in [2.05, 4.69) is 10.1 Å². The predicted octanol–water partition coefficient (Wildman–Crippen LogP) is 4.48. The highest BCUT2D eigenvalue weighted by molar-refractivity contribution is 5.61. The molecule has 1 heterocycles. The number of phenolic OH excluding ortho intramolecular Hbond substituents is 1. The Balaban J connectivity index is 1.54. The molecule has 26 heavy (non-hydrogen) atoms. The quantitative estimate of drug-likeness (QED) is 0.529. The number of aromatic nitrogens is 2. The molecule has 4 rings (SSSR count). The number of phenols is 1. The molecule has 6 heteroatoms. The SMILES string of the molecule is Nc1ccccc1Oc1ccc(-c2noc(-c3ccc(O)cc3)n2)cc1. The normalized spacial score (nSPS) is 10.6. The molecule has 0 aliphatic heterocycles. The van der Waals surface area contributed by atoms with Gasteiger partial charge >= 0.3 is 0 Å².